The van der Waals surface area contributed by atoms with Gasteiger partial charge < -0.3 is 9.47 Å². The zero-order valence-electron chi connectivity index (χ0n) is 16.4. The van der Waals surface area contributed by atoms with Crippen molar-refractivity contribution in [3.63, 3.8) is 0 Å². The quantitative estimate of drug-likeness (QED) is 0.693. The molecule has 1 fully saturated rings. The third-order valence-electron chi connectivity index (χ3n) is 5.39. The average Bonchev–Trinajstić information content (AvgIpc) is 3.29. The fourth-order valence-corrected chi connectivity index (χ4v) is 4.13. The van der Waals surface area contributed by atoms with Crippen LogP contribution in [0, 0.1) is 13.8 Å². The Hall–Kier alpha value is -2.60. The summed E-state index contributed by atoms with van der Waals surface area (Å²) in [5.74, 6) is 2.09. The van der Waals surface area contributed by atoms with Gasteiger partial charge in [-0.25, -0.2) is 9.50 Å². The summed E-state index contributed by atoms with van der Waals surface area (Å²) in [6, 6.07) is 8.20. The molecule has 1 atom stereocenters. The van der Waals surface area contributed by atoms with E-state index in [-0.39, 0.29) is 0 Å². The Morgan fingerprint density at radius 3 is 2.81 bits per heavy atom. The van der Waals surface area contributed by atoms with Gasteiger partial charge in [-0.1, -0.05) is 12.1 Å². The van der Waals surface area contributed by atoms with E-state index in [4.69, 9.17) is 14.5 Å². The van der Waals surface area contributed by atoms with Gasteiger partial charge in [0.05, 0.1) is 20.4 Å². The maximum Gasteiger partial charge on any atom is 0.164 e. The van der Waals surface area contributed by atoms with Gasteiger partial charge in [0.15, 0.2) is 17.1 Å². The summed E-state index contributed by atoms with van der Waals surface area (Å²) in [4.78, 5) is 7.18. The summed E-state index contributed by atoms with van der Waals surface area (Å²) >= 11 is 0. The van der Waals surface area contributed by atoms with Crippen molar-refractivity contribution >= 4 is 5.65 Å². The van der Waals surface area contributed by atoms with Gasteiger partial charge in [-0.2, -0.15) is 5.10 Å². The average molecular weight is 366 g/mol. The van der Waals surface area contributed by atoms with E-state index in [1.165, 1.54) is 11.1 Å². The Kier molecular flexibility index (Phi) is 4.74. The molecule has 1 unspecified atom stereocenters. The molecule has 0 saturated carbocycles. The smallest absolute Gasteiger partial charge is 0.164 e. The molecule has 1 saturated heterocycles. The molecule has 142 valence electrons. The lowest BCUT2D eigenvalue weighted by atomic mass is 9.97. The molecule has 27 heavy (non-hydrogen) atoms. The number of para-hydroxylation sites is 1. The lowest BCUT2D eigenvalue weighted by Crippen LogP contribution is -2.20. The normalized spacial score (nSPS) is 17.6. The summed E-state index contributed by atoms with van der Waals surface area (Å²) in [5.41, 5.74) is 5.52. The van der Waals surface area contributed by atoms with E-state index in [2.05, 4.69) is 29.1 Å². The van der Waals surface area contributed by atoms with Crippen molar-refractivity contribution in [3.05, 3.63) is 53.0 Å². The van der Waals surface area contributed by atoms with Crippen molar-refractivity contribution in [2.24, 2.45) is 0 Å². The van der Waals surface area contributed by atoms with Gasteiger partial charge in [-0.3, -0.25) is 4.90 Å². The minimum absolute atomic E-state index is 0.438. The monoisotopic (exact) mass is 366 g/mol. The largest absolute Gasteiger partial charge is 0.493 e. The lowest BCUT2D eigenvalue weighted by Gasteiger charge is -2.18. The Morgan fingerprint density at radius 1 is 1.19 bits per heavy atom. The third-order valence-corrected chi connectivity index (χ3v) is 5.39. The Bertz CT molecular complexity index is 966. The van der Waals surface area contributed by atoms with Gasteiger partial charge in [0.25, 0.3) is 0 Å². The number of ether oxygens (including phenoxy) is 2. The Morgan fingerprint density at radius 2 is 2.04 bits per heavy atom. The summed E-state index contributed by atoms with van der Waals surface area (Å²) < 4.78 is 13.0. The number of rotatable bonds is 5. The maximum atomic E-state index is 5.64. The molecule has 0 amide bonds. The van der Waals surface area contributed by atoms with Gasteiger partial charge in [0, 0.05) is 41.5 Å². The molecule has 0 spiro atoms. The number of fused-ring (bicyclic) bond motifs is 1. The van der Waals surface area contributed by atoms with Crippen LogP contribution in [0.1, 0.15) is 34.9 Å². The van der Waals surface area contributed by atoms with Crippen LogP contribution >= 0.6 is 0 Å². The van der Waals surface area contributed by atoms with Crippen LogP contribution in [0.3, 0.4) is 0 Å². The maximum absolute atomic E-state index is 5.64. The minimum atomic E-state index is 0.438. The number of methoxy groups -OCH3 is 2. The van der Waals surface area contributed by atoms with Crippen LogP contribution in [-0.2, 0) is 6.54 Å². The molecule has 3 aromatic rings. The van der Waals surface area contributed by atoms with E-state index in [0.29, 0.717) is 5.92 Å². The van der Waals surface area contributed by atoms with Crippen molar-refractivity contribution in [2.45, 2.75) is 32.7 Å². The fraction of sp³-hybridized carbons (Fsp3) is 0.429. The molecule has 1 aromatic carbocycles. The highest BCUT2D eigenvalue weighted by Crippen LogP contribution is 2.39. The summed E-state index contributed by atoms with van der Waals surface area (Å²) in [6.45, 7) is 7.01. The van der Waals surface area contributed by atoms with Crippen molar-refractivity contribution in [3.8, 4) is 11.5 Å². The second-order valence-corrected chi connectivity index (χ2v) is 7.25. The molecule has 6 nitrogen and oxygen atoms in total. The van der Waals surface area contributed by atoms with Crippen LogP contribution in [0.25, 0.3) is 5.65 Å². The fourth-order valence-electron chi connectivity index (χ4n) is 4.13. The van der Waals surface area contributed by atoms with Crippen LogP contribution in [0.2, 0.25) is 0 Å². The molecular formula is C21H26N4O2. The van der Waals surface area contributed by atoms with Crippen LogP contribution in [0.4, 0.5) is 0 Å². The Balaban J connectivity index is 1.55. The third kappa shape index (κ3) is 3.25. The first kappa shape index (κ1) is 17.8. The van der Waals surface area contributed by atoms with E-state index in [9.17, 15) is 0 Å². The van der Waals surface area contributed by atoms with Crippen LogP contribution in [-0.4, -0.2) is 46.8 Å². The molecule has 0 bridgehead atoms. The van der Waals surface area contributed by atoms with Gasteiger partial charge in [-0.15, -0.1) is 0 Å². The van der Waals surface area contributed by atoms with E-state index in [1.807, 2.05) is 29.8 Å². The highest BCUT2D eigenvalue weighted by molar-refractivity contribution is 5.49. The molecule has 0 N–H and O–H groups in total. The molecule has 1 aliphatic heterocycles. The predicted molar refractivity (Wildman–Crippen MR) is 105 cm³/mol. The predicted octanol–water partition coefficient (Wildman–Crippen LogP) is 3.35. The minimum Gasteiger partial charge on any atom is -0.493 e. The number of hydrogen-bond donors (Lipinski definition) is 0. The summed E-state index contributed by atoms with van der Waals surface area (Å²) in [6.07, 6.45) is 3.06. The molecule has 4 rings (SSSR count). The van der Waals surface area contributed by atoms with Gasteiger partial charge in [-0.05, 0) is 38.9 Å². The summed E-state index contributed by atoms with van der Waals surface area (Å²) in [7, 11) is 3.40. The van der Waals surface area contributed by atoms with Crippen molar-refractivity contribution in [1.82, 2.24) is 19.5 Å². The molecular weight excluding hydrogens is 340 g/mol. The number of hydrogen-bond acceptors (Lipinski definition) is 5. The zero-order valence-corrected chi connectivity index (χ0v) is 16.4. The second kappa shape index (κ2) is 7.19. The number of aromatic nitrogens is 3. The van der Waals surface area contributed by atoms with Crippen molar-refractivity contribution in [2.75, 3.05) is 27.3 Å². The SMILES string of the molecule is COc1cccc(C2CCN(Cc3cnn4c(C)cc(C)nc34)C2)c1OC. The molecule has 1 aliphatic rings. The standard InChI is InChI=1S/C21H26N4O2/c1-14-10-15(2)25-21(23-14)17(11-22-25)13-24-9-8-16(12-24)18-6-5-7-19(26-3)20(18)27-4/h5-7,10-11,16H,8-9,12-13H2,1-4H3. The number of aryl methyl sites for hydroxylation is 2. The van der Waals surface area contributed by atoms with Crippen LogP contribution in [0.15, 0.2) is 30.5 Å². The van der Waals surface area contributed by atoms with E-state index in [1.54, 1.807) is 14.2 Å². The van der Waals surface area contributed by atoms with Gasteiger partial charge in [0.2, 0.25) is 0 Å². The number of nitrogens with zero attached hydrogens (tertiary/aromatic N) is 4. The molecule has 0 aliphatic carbocycles. The van der Waals surface area contributed by atoms with Crippen LogP contribution in [0.5, 0.6) is 11.5 Å². The number of likely N-dealkylation sites (tertiary alicyclic amines) is 1. The molecule has 3 heterocycles. The highest BCUT2D eigenvalue weighted by atomic mass is 16.5. The first-order valence-electron chi connectivity index (χ1n) is 9.34. The molecule has 0 radical (unpaired) electrons. The van der Waals surface area contributed by atoms with Gasteiger partial charge in [0.1, 0.15) is 0 Å². The van der Waals surface area contributed by atoms with Crippen molar-refractivity contribution < 1.29 is 9.47 Å². The second-order valence-electron chi connectivity index (χ2n) is 7.25. The first-order chi connectivity index (χ1) is 13.1. The first-order valence-corrected chi connectivity index (χ1v) is 9.34. The van der Waals surface area contributed by atoms with E-state index >= 15 is 0 Å². The lowest BCUT2D eigenvalue weighted by molar-refractivity contribution is 0.324. The van der Waals surface area contributed by atoms with Crippen molar-refractivity contribution in [1.29, 1.82) is 0 Å². The topological polar surface area (TPSA) is 51.9 Å². The summed E-state index contributed by atoms with van der Waals surface area (Å²) in [5, 5.41) is 4.52. The Labute approximate surface area is 159 Å². The molecule has 2 aromatic heterocycles. The molecule has 6 heteroatoms. The highest BCUT2D eigenvalue weighted by Gasteiger charge is 2.28. The zero-order chi connectivity index (χ0) is 19.0. The number of benzene rings is 1. The van der Waals surface area contributed by atoms with E-state index < -0.39 is 0 Å². The van der Waals surface area contributed by atoms with E-state index in [0.717, 1.165) is 54.6 Å². The van der Waals surface area contributed by atoms with Gasteiger partial charge >= 0.3 is 0 Å². The van der Waals surface area contributed by atoms with Crippen LogP contribution < -0.4 is 9.47 Å².